The summed E-state index contributed by atoms with van der Waals surface area (Å²) in [5, 5.41) is 9.39. The standard InChI is InChI=1S/C16H21N5O3S/c1-16(2,3)24-15(23)21-7-5-11-10(9-21)12(19-20(11)4)13(22)18-14-17-6-8-25-14/h6,8H,5,7,9H2,1-4H3,(H,17,18,22). The van der Waals surface area contributed by atoms with Crippen LogP contribution in [0.2, 0.25) is 0 Å². The zero-order valence-electron chi connectivity index (χ0n) is 14.7. The van der Waals surface area contributed by atoms with E-state index in [9.17, 15) is 9.59 Å². The molecule has 2 aromatic heterocycles. The molecule has 0 aliphatic carbocycles. The highest BCUT2D eigenvalue weighted by Gasteiger charge is 2.31. The van der Waals surface area contributed by atoms with E-state index in [2.05, 4.69) is 15.4 Å². The van der Waals surface area contributed by atoms with Crippen molar-refractivity contribution in [2.24, 2.45) is 7.05 Å². The van der Waals surface area contributed by atoms with Crippen LogP contribution in [-0.4, -0.2) is 43.8 Å². The minimum atomic E-state index is -0.558. The monoisotopic (exact) mass is 363 g/mol. The van der Waals surface area contributed by atoms with Crippen molar-refractivity contribution in [1.29, 1.82) is 0 Å². The molecule has 9 heteroatoms. The van der Waals surface area contributed by atoms with Gasteiger partial charge in [0.15, 0.2) is 10.8 Å². The highest BCUT2D eigenvalue weighted by molar-refractivity contribution is 7.13. The Labute approximate surface area is 149 Å². The number of amides is 2. The first-order valence-corrected chi connectivity index (χ1v) is 8.86. The van der Waals surface area contributed by atoms with Crippen LogP contribution in [0, 0.1) is 0 Å². The Bertz CT molecular complexity index is 792. The molecular weight excluding hydrogens is 342 g/mol. The maximum Gasteiger partial charge on any atom is 0.410 e. The van der Waals surface area contributed by atoms with Gasteiger partial charge in [-0.1, -0.05) is 0 Å². The van der Waals surface area contributed by atoms with Crippen LogP contribution >= 0.6 is 11.3 Å². The maximum absolute atomic E-state index is 12.5. The van der Waals surface area contributed by atoms with E-state index in [0.717, 1.165) is 11.3 Å². The first-order chi connectivity index (χ1) is 11.7. The second-order valence-electron chi connectivity index (χ2n) is 6.84. The number of aryl methyl sites for hydroxylation is 1. The summed E-state index contributed by atoms with van der Waals surface area (Å²) in [6.45, 7) is 6.33. The maximum atomic E-state index is 12.5. The lowest BCUT2D eigenvalue weighted by atomic mass is 10.1. The summed E-state index contributed by atoms with van der Waals surface area (Å²) in [6, 6.07) is 0. The normalized spacial score (nSPS) is 14.2. The number of carbonyl (C=O) groups is 2. The molecular formula is C16H21N5O3S. The van der Waals surface area contributed by atoms with E-state index in [0.29, 0.717) is 30.3 Å². The Balaban J connectivity index is 1.81. The fraction of sp³-hybridized carbons (Fsp3) is 0.500. The number of thiazole rings is 1. The lowest BCUT2D eigenvalue weighted by Crippen LogP contribution is -2.40. The summed E-state index contributed by atoms with van der Waals surface area (Å²) in [5.74, 6) is -0.321. The van der Waals surface area contributed by atoms with Crippen molar-refractivity contribution in [2.45, 2.75) is 39.3 Å². The van der Waals surface area contributed by atoms with Gasteiger partial charge in [-0.15, -0.1) is 11.3 Å². The smallest absolute Gasteiger partial charge is 0.410 e. The van der Waals surface area contributed by atoms with Crippen LogP contribution in [0.1, 0.15) is 42.5 Å². The minimum Gasteiger partial charge on any atom is -0.444 e. The molecule has 0 radical (unpaired) electrons. The predicted octanol–water partition coefficient (Wildman–Crippen LogP) is 2.42. The summed E-state index contributed by atoms with van der Waals surface area (Å²) in [4.78, 5) is 30.5. The summed E-state index contributed by atoms with van der Waals surface area (Å²) < 4.78 is 7.14. The molecule has 25 heavy (non-hydrogen) atoms. The fourth-order valence-electron chi connectivity index (χ4n) is 2.70. The summed E-state index contributed by atoms with van der Waals surface area (Å²) in [5.41, 5.74) is 1.48. The van der Waals surface area contributed by atoms with Crippen LogP contribution in [0.4, 0.5) is 9.93 Å². The number of fused-ring (bicyclic) bond motifs is 1. The third-order valence-electron chi connectivity index (χ3n) is 3.76. The van der Waals surface area contributed by atoms with Crippen LogP contribution in [0.25, 0.3) is 0 Å². The quantitative estimate of drug-likeness (QED) is 0.885. The number of hydrogen-bond donors (Lipinski definition) is 1. The molecule has 1 N–H and O–H groups in total. The van der Waals surface area contributed by atoms with E-state index >= 15 is 0 Å². The average Bonchev–Trinajstić information content (AvgIpc) is 3.13. The molecule has 1 aliphatic heterocycles. The number of anilines is 1. The molecule has 2 aromatic rings. The number of hydrogen-bond acceptors (Lipinski definition) is 6. The molecule has 0 aromatic carbocycles. The third kappa shape index (κ3) is 3.81. The van der Waals surface area contributed by atoms with Gasteiger partial charge in [0.25, 0.3) is 5.91 Å². The van der Waals surface area contributed by atoms with Gasteiger partial charge in [0, 0.05) is 42.8 Å². The zero-order valence-corrected chi connectivity index (χ0v) is 15.5. The van der Waals surface area contributed by atoms with E-state index in [4.69, 9.17) is 4.74 Å². The molecule has 0 spiro atoms. The molecule has 3 heterocycles. The largest absolute Gasteiger partial charge is 0.444 e. The Hall–Kier alpha value is -2.42. The summed E-state index contributed by atoms with van der Waals surface area (Å²) in [6.07, 6.45) is 1.87. The predicted molar refractivity (Wildman–Crippen MR) is 93.6 cm³/mol. The van der Waals surface area contributed by atoms with Gasteiger partial charge in [0.05, 0.1) is 6.54 Å². The molecule has 1 aliphatic rings. The number of ether oxygens (including phenoxy) is 1. The van der Waals surface area contributed by atoms with E-state index in [1.54, 1.807) is 21.2 Å². The molecule has 0 atom stereocenters. The van der Waals surface area contributed by atoms with Gasteiger partial charge in [-0.3, -0.25) is 14.8 Å². The van der Waals surface area contributed by atoms with Gasteiger partial charge < -0.3 is 9.64 Å². The zero-order chi connectivity index (χ0) is 18.2. The van der Waals surface area contributed by atoms with Crippen molar-refractivity contribution in [3.05, 3.63) is 28.5 Å². The van der Waals surface area contributed by atoms with Gasteiger partial charge in [0.2, 0.25) is 0 Å². The second kappa shape index (κ2) is 6.47. The molecule has 0 saturated heterocycles. The Morgan fingerprint density at radius 3 is 2.76 bits per heavy atom. The van der Waals surface area contributed by atoms with Crippen LogP contribution in [0.3, 0.4) is 0 Å². The number of nitrogens with one attached hydrogen (secondary N) is 1. The molecule has 2 amide bonds. The number of rotatable bonds is 2. The molecule has 134 valence electrons. The Morgan fingerprint density at radius 1 is 1.36 bits per heavy atom. The highest BCUT2D eigenvalue weighted by atomic mass is 32.1. The van der Waals surface area contributed by atoms with Crippen LogP contribution in [-0.2, 0) is 24.8 Å². The third-order valence-corrected chi connectivity index (χ3v) is 4.45. The van der Waals surface area contributed by atoms with Crippen LogP contribution < -0.4 is 5.32 Å². The average molecular weight is 363 g/mol. The van der Waals surface area contributed by atoms with Gasteiger partial charge in [0.1, 0.15) is 5.60 Å². The SMILES string of the molecule is Cn1nc(C(=O)Nc2nccs2)c2c1CCN(C(=O)OC(C)(C)C)C2. The Morgan fingerprint density at radius 2 is 2.12 bits per heavy atom. The topological polar surface area (TPSA) is 89.4 Å². The van der Waals surface area contributed by atoms with E-state index in [1.165, 1.54) is 11.3 Å². The Kier molecular flexibility index (Phi) is 4.51. The number of aromatic nitrogens is 3. The van der Waals surface area contributed by atoms with Gasteiger partial charge in [-0.2, -0.15) is 5.10 Å². The first kappa shape index (κ1) is 17.4. The van der Waals surface area contributed by atoms with Crippen molar-refractivity contribution < 1.29 is 14.3 Å². The lowest BCUT2D eigenvalue weighted by molar-refractivity contribution is 0.0222. The molecule has 8 nitrogen and oxygen atoms in total. The van der Waals surface area contributed by atoms with E-state index in [1.807, 2.05) is 27.8 Å². The van der Waals surface area contributed by atoms with Gasteiger partial charge >= 0.3 is 6.09 Å². The van der Waals surface area contributed by atoms with E-state index < -0.39 is 5.60 Å². The van der Waals surface area contributed by atoms with Crippen molar-refractivity contribution in [3.63, 3.8) is 0 Å². The molecule has 0 bridgehead atoms. The molecule has 0 unspecified atom stereocenters. The fourth-order valence-corrected chi connectivity index (χ4v) is 3.22. The number of carbonyl (C=O) groups excluding carboxylic acids is 2. The van der Waals surface area contributed by atoms with Crippen molar-refractivity contribution in [2.75, 3.05) is 11.9 Å². The van der Waals surface area contributed by atoms with Crippen LogP contribution in [0.15, 0.2) is 11.6 Å². The molecule has 0 saturated carbocycles. The van der Waals surface area contributed by atoms with Crippen molar-refractivity contribution in [1.82, 2.24) is 19.7 Å². The van der Waals surface area contributed by atoms with Crippen LogP contribution in [0.5, 0.6) is 0 Å². The van der Waals surface area contributed by atoms with Crippen molar-refractivity contribution in [3.8, 4) is 0 Å². The minimum absolute atomic E-state index is 0.304. The molecule has 3 rings (SSSR count). The first-order valence-electron chi connectivity index (χ1n) is 7.98. The highest BCUT2D eigenvalue weighted by Crippen LogP contribution is 2.24. The summed E-state index contributed by atoms with van der Waals surface area (Å²) in [7, 11) is 1.81. The van der Waals surface area contributed by atoms with E-state index in [-0.39, 0.29) is 12.0 Å². The van der Waals surface area contributed by atoms with Crippen molar-refractivity contribution >= 4 is 28.5 Å². The van der Waals surface area contributed by atoms with Gasteiger partial charge in [-0.05, 0) is 20.8 Å². The molecule has 0 fully saturated rings. The number of nitrogens with zero attached hydrogens (tertiary/aromatic N) is 4. The lowest BCUT2D eigenvalue weighted by Gasteiger charge is -2.30. The second-order valence-corrected chi connectivity index (χ2v) is 7.74. The van der Waals surface area contributed by atoms with Gasteiger partial charge in [-0.25, -0.2) is 9.78 Å². The summed E-state index contributed by atoms with van der Waals surface area (Å²) >= 11 is 1.34.